The van der Waals surface area contributed by atoms with Crippen LogP contribution >= 0.6 is 0 Å². The Morgan fingerprint density at radius 1 is 1.75 bits per heavy atom. The largest absolute Gasteiger partial charge is 0.476 e. The molecule has 0 fully saturated rings. The van der Waals surface area contributed by atoms with Crippen LogP contribution in [0, 0.1) is 5.92 Å². The molecule has 5 nitrogen and oxygen atoms in total. The average molecular weight is 171 g/mol. The van der Waals surface area contributed by atoms with E-state index in [-0.39, 0.29) is 5.70 Å². The van der Waals surface area contributed by atoms with Gasteiger partial charge in [-0.1, -0.05) is 13.8 Å². The second-order valence-electron chi connectivity index (χ2n) is 3.13. The molecule has 5 heteroatoms. The monoisotopic (exact) mass is 171 g/mol. The lowest BCUT2D eigenvalue weighted by Gasteiger charge is -2.16. The Hall–Kier alpha value is -1.23. The third-order valence-electron chi connectivity index (χ3n) is 1.41. The van der Waals surface area contributed by atoms with Crippen LogP contribution in [0.1, 0.15) is 13.8 Å². The van der Waals surface area contributed by atoms with Crippen LogP contribution < -0.4 is 11.0 Å². The summed E-state index contributed by atoms with van der Waals surface area (Å²) in [6, 6.07) is 0. The van der Waals surface area contributed by atoms with Gasteiger partial charge in [0, 0.05) is 12.7 Å². The van der Waals surface area contributed by atoms with E-state index in [4.69, 9.17) is 5.11 Å². The molecule has 68 valence electrons. The van der Waals surface area contributed by atoms with Gasteiger partial charge in [-0.3, -0.25) is 10.4 Å². The van der Waals surface area contributed by atoms with Crippen molar-refractivity contribution >= 4 is 5.97 Å². The highest BCUT2D eigenvalue weighted by Crippen LogP contribution is 2.02. The Bertz CT molecular complexity index is 213. The first kappa shape index (κ1) is 8.86. The van der Waals surface area contributed by atoms with Crippen LogP contribution in [0.15, 0.2) is 11.9 Å². The van der Waals surface area contributed by atoms with Crippen LogP contribution in [0.25, 0.3) is 0 Å². The van der Waals surface area contributed by atoms with Gasteiger partial charge in [0.05, 0.1) is 0 Å². The van der Waals surface area contributed by atoms with Crippen LogP contribution in [-0.4, -0.2) is 22.6 Å². The van der Waals surface area contributed by atoms with Gasteiger partial charge in [-0.05, 0) is 5.92 Å². The number of aliphatic carboxylic acids is 1. The molecule has 0 amide bonds. The summed E-state index contributed by atoms with van der Waals surface area (Å²) < 4.78 is 0. The third kappa shape index (κ3) is 2.13. The lowest BCUT2D eigenvalue weighted by Crippen LogP contribution is -2.39. The lowest BCUT2D eigenvalue weighted by molar-refractivity contribution is -0.133. The number of carbonyl (C=O) groups is 1. The van der Waals surface area contributed by atoms with E-state index in [1.54, 1.807) is 11.2 Å². The molecule has 0 radical (unpaired) electrons. The fourth-order valence-electron chi connectivity index (χ4n) is 0.953. The van der Waals surface area contributed by atoms with Gasteiger partial charge in [-0.25, -0.2) is 4.79 Å². The van der Waals surface area contributed by atoms with E-state index < -0.39 is 5.97 Å². The number of rotatable bonds is 3. The molecule has 0 spiro atoms. The number of nitrogens with zero attached hydrogens (tertiary/aromatic N) is 1. The van der Waals surface area contributed by atoms with Gasteiger partial charge < -0.3 is 5.11 Å². The molecule has 12 heavy (non-hydrogen) atoms. The van der Waals surface area contributed by atoms with E-state index in [9.17, 15) is 4.79 Å². The van der Waals surface area contributed by atoms with Gasteiger partial charge >= 0.3 is 5.97 Å². The van der Waals surface area contributed by atoms with Crippen molar-refractivity contribution in [2.24, 2.45) is 5.92 Å². The number of hydrazine groups is 2. The topological polar surface area (TPSA) is 64.6 Å². The minimum absolute atomic E-state index is 0.177. The molecular formula is C7H13N3O2. The quantitative estimate of drug-likeness (QED) is 0.553. The summed E-state index contributed by atoms with van der Waals surface area (Å²) in [5.74, 6) is -0.461. The van der Waals surface area contributed by atoms with Crippen molar-refractivity contribution in [1.29, 1.82) is 0 Å². The van der Waals surface area contributed by atoms with Gasteiger partial charge in [-0.2, -0.15) is 0 Å². The van der Waals surface area contributed by atoms with Crippen molar-refractivity contribution in [3.8, 4) is 0 Å². The molecule has 0 atom stereocenters. The maximum absolute atomic E-state index is 10.4. The zero-order chi connectivity index (χ0) is 9.14. The number of hydrogen-bond donors (Lipinski definition) is 3. The molecule has 0 saturated heterocycles. The molecule has 1 rings (SSSR count). The summed E-state index contributed by atoms with van der Waals surface area (Å²) in [5, 5.41) is 10.3. The standard InChI is InChI=1S/C7H13N3O2/c1-5(2)3-10-4-6(7(11)12)8-9-10/h4-5,8-9H,3H2,1-2H3,(H,11,12). The van der Waals surface area contributed by atoms with Crippen molar-refractivity contribution in [3.05, 3.63) is 11.9 Å². The summed E-state index contributed by atoms with van der Waals surface area (Å²) in [6.45, 7) is 4.91. The number of carboxylic acids is 1. The fraction of sp³-hybridized carbons (Fsp3) is 0.571. The van der Waals surface area contributed by atoms with Crippen LogP contribution in [0.2, 0.25) is 0 Å². The van der Waals surface area contributed by atoms with Crippen molar-refractivity contribution in [2.45, 2.75) is 13.8 Å². The molecule has 0 unspecified atom stereocenters. The molecule has 1 heterocycles. The second kappa shape index (κ2) is 3.44. The van der Waals surface area contributed by atoms with Crippen LogP contribution in [0.3, 0.4) is 0 Å². The Morgan fingerprint density at radius 2 is 2.42 bits per heavy atom. The summed E-state index contributed by atoms with van der Waals surface area (Å²) in [6.07, 6.45) is 1.54. The second-order valence-corrected chi connectivity index (χ2v) is 3.13. The van der Waals surface area contributed by atoms with Gasteiger partial charge in [-0.15, -0.1) is 5.53 Å². The molecule has 1 aliphatic rings. The van der Waals surface area contributed by atoms with Crippen molar-refractivity contribution in [2.75, 3.05) is 6.54 Å². The molecule has 0 saturated carbocycles. The maximum Gasteiger partial charge on any atom is 0.354 e. The highest BCUT2D eigenvalue weighted by atomic mass is 16.4. The van der Waals surface area contributed by atoms with Gasteiger partial charge in [0.2, 0.25) is 0 Å². The minimum Gasteiger partial charge on any atom is -0.476 e. The number of carboxylic acid groups (broad SMARTS) is 1. The van der Waals surface area contributed by atoms with E-state index in [1.807, 2.05) is 0 Å². The molecule has 0 aliphatic carbocycles. The molecule has 0 bridgehead atoms. The Morgan fingerprint density at radius 3 is 2.83 bits per heavy atom. The summed E-state index contributed by atoms with van der Waals surface area (Å²) in [5.41, 5.74) is 5.45. The molecule has 0 aromatic heterocycles. The molecule has 3 N–H and O–H groups in total. The Labute approximate surface area is 71.0 Å². The molecule has 1 aliphatic heterocycles. The highest BCUT2D eigenvalue weighted by Gasteiger charge is 2.16. The predicted octanol–water partition coefficient (Wildman–Crippen LogP) is -0.107. The first-order chi connectivity index (χ1) is 5.59. The predicted molar refractivity (Wildman–Crippen MR) is 43.5 cm³/mol. The maximum atomic E-state index is 10.4. The van der Waals surface area contributed by atoms with Crippen LogP contribution in [0.5, 0.6) is 0 Å². The Kier molecular flexibility index (Phi) is 2.54. The van der Waals surface area contributed by atoms with Crippen molar-refractivity contribution < 1.29 is 9.90 Å². The molecule has 0 aromatic carbocycles. The average Bonchev–Trinajstić information content (AvgIpc) is 2.34. The fourth-order valence-corrected chi connectivity index (χ4v) is 0.953. The normalized spacial score (nSPS) is 16.2. The summed E-state index contributed by atoms with van der Waals surface area (Å²) in [7, 11) is 0. The first-order valence-electron chi connectivity index (χ1n) is 3.83. The first-order valence-corrected chi connectivity index (χ1v) is 3.83. The van der Waals surface area contributed by atoms with E-state index in [0.717, 1.165) is 6.54 Å². The highest BCUT2D eigenvalue weighted by molar-refractivity contribution is 5.85. The summed E-state index contributed by atoms with van der Waals surface area (Å²) in [4.78, 5) is 10.4. The van der Waals surface area contributed by atoms with E-state index in [2.05, 4.69) is 24.8 Å². The number of hydrogen-bond acceptors (Lipinski definition) is 4. The Balaban J connectivity index is 2.47. The van der Waals surface area contributed by atoms with Gasteiger partial charge in [0.1, 0.15) is 0 Å². The third-order valence-corrected chi connectivity index (χ3v) is 1.41. The van der Waals surface area contributed by atoms with E-state index in [0.29, 0.717) is 5.92 Å². The van der Waals surface area contributed by atoms with E-state index >= 15 is 0 Å². The van der Waals surface area contributed by atoms with Crippen LogP contribution in [-0.2, 0) is 4.79 Å². The molecular weight excluding hydrogens is 158 g/mol. The van der Waals surface area contributed by atoms with E-state index in [1.165, 1.54) is 0 Å². The summed E-state index contributed by atoms with van der Waals surface area (Å²) >= 11 is 0. The minimum atomic E-state index is -0.950. The van der Waals surface area contributed by atoms with Crippen molar-refractivity contribution in [3.63, 3.8) is 0 Å². The molecule has 0 aromatic rings. The van der Waals surface area contributed by atoms with Crippen LogP contribution in [0.4, 0.5) is 0 Å². The van der Waals surface area contributed by atoms with Crippen molar-refractivity contribution in [1.82, 2.24) is 16.0 Å². The zero-order valence-electron chi connectivity index (χ0n) is 7.16. The SMILES string of the molecule is CC(C)CN1C=C(C(=O)O)NN1. The lowest BCUT2D eigenvalue weighted by atomic mass is 10.2. The van der Waals surface area contributed by atoms with Gasteiger partial charge in [0.15, 0.2) is 5.70 Å². The smallest absolute Gasteiger partial charge is 0.354 e. The van der Waals surface area contributed by atoms with Gasteiger partial charge in [0.25, 0.3) is 0 Å². The zero-order valence-corrected chi connectivity index (χ0v) is 7.16. The number of nitrogens with one attached hydrogen (secondary N) is 2.